The van der Waals surface area contributed by atoms with Crippen LogP contribution >= 0.6 is 0 Å². The summed E-state index contributed by atoms with van der Waals surface area (Å²) >= 11 is 0. The van der Waals surface area contributed by atoms with Gasteiger partial charge in [-0.25, -0.2) is 0 Å². The molecule has 0 amide bonds. The minimum Gasteiger partial charge on any atom is -0.386 e. The standard InChI is InChI=1S/C10H23NO3/c1-9(2,3)14-6-5-13-8-10(4,12)7-11/h12H,5-8,11H2,1-4H3. The molecular formula is C10H23NO3. The number of aliphatic hydroxyl groups is 1. The van der Waals surface area contributed by atoms with Gasteiger partial charge in [0, 0.05) is 6.54 Å². The molecule has 14 heavy (non-hydrogen) atoms. The summed E-state index contributed by atoms with van der Waals surface area (Å²) in [4.78, 5) is 0. The van der Waals surface area contributed by atoms with Crippen LogP contribution in [0.3, 0.4) is 0 Å². The maximum atomic E-state index is 9.49. The second-order valence-electron chi connectivity index (χ2n) is 4.71. The summed E-state index contributed by atoms with van der Waals surface area (Å²) in [5.41, 5.74) is 4.26. The molecule has 3 N–H and O–H groups in total. The fourth-order valence-corrected chi connectivity index (χ4v) is 0.758. The maximum absolute atomic E-state index is 9.49. The van der Waals surface area contributed by atoms with Crippen molar-refractivity contribution in [2.45, 2.75) is 38.9 Å². The summed E-state index contributed by atoms with van der Waals surface area (Å²) in [6, 6.07) is 0. The van der Waals surface area contributed by atoms with E-state index in [1.807, 2.05) is 20.8 Å². The zero-order chi connectivity index (χ0) is 11.2. The van der Waals surface area contributed by atoms with Gasteiger partial charge in [0.25, 0.3) is 0 Å². The van der Waals surface area contributed by atoms with Crippen molar-refractivity contribution in [2.24, 2.45) is 5.73 Å². The molecular weight excluding hydrogens is 182 g/mol. The smallest absolute Gasteiger partial charge is 0.0973 e. The first-order valence-corrected chi connectivity index (χ1v) is 4.91. The maximum Gasteiger partial charge on any atom is 0.0973 e. The van der Waals surface area contributed by atoms with Crippen molar-refractivity contribution in [1.29, 1.82) is 0 Å². The van der Waals surface area contributed by atoms with E-state index in [1.165, 1.54) is 0 Å². The second-order valence-corrected chi connectivity index (χ2v) is 4.71. The van der Waals surface area contributed by atoms with Gasteiger partial charge in [-0.2, -0.15) is 0 Å². The third-order valence-corrected chi connectivity index (χ3v) is 1.62. The van der Waals surface area contributed by atoms with Gasteiger partial charge < -0.3 is 20.3 Å². The number of nitrogens with two attached hydrogens (primary N) is 1. The molecule has 0 saturated carbocycles. The predicted octanol–water partition coefficient (Wildman–Crippen LogP) is 0.528. The van der Waals surface area contributed by atoms with Crippen LogP contribution in [0.2, 0.25) is 0 Å². The topological polar surface area (TPSA) is 64.7 Å². The summed E-state index contributed by atoms with van der Waals surface area (Å²) in [5, 5.41) is 9.49. The third-order valence-electron chi connectivity index (χ3n) is 1.62. The van der Waals surface area contributed by atoms with E-state index >= 15 is 0 Å². The molecule has 0 aromatic rings. The normalized spacial score (nSPS) is 16.7. The third kappa shape index (κ3) is 8.44. The van der Waals surface area contributed by atoms with Crippen molar-refractivity contribution >= 4 is 0 Å². The van der Waals surface area contributed by atoms with Gasteiger partial charge in [0.1, 0.15) is 0 Å². The Morgan fingerprint density at radius 1 is 1.14 bits per heavy atom. The molecule has 0 rings (SSSR count). The van der Waals surface area contributed by atoms with E-state index in [-0.39, 0.29) is 18.8 Å². The van der Waals surface area contributed by atoms with E-state index in [1.54, 1.807) is 6.92 Å². The Labute approximate surface area is 86.4 Å². The molecule has 0 aliphatic rings. The number of ether oxygens (including phenoxy) is 2. The Bertz CT molecular complexity index is 152. The number of rotatable bonds is 6. The Balaban J connectivity index is 3.39. The van der Waals surface area contributed by atoms with Crippen LogP contribution in [-0.2, 0) is 9.47 Å². The summed E-state index contributed by atoms with van der Waals surface area (Å²) < 4.78 is 10.7. The van der Waals surface area contributed by atoms with Gasteiger partial charge in [0.15, 0.2) is 0 Å². The van der Waals surface area contributed by atoms with Crippen LogP contribution in [0.15, 0.2) is 0 Å². The highest BCUT2D eigenvalue weighted by Crippen LogP contribution is 2.06. The molecule has 0 heterocycles. The SMILES string of the molecule is CC(O)(CN)COCCOC(C)(C)C. The lowest BCUT2D eigenvalue weighted by atomic mass is 10.1. The first-order valence-electron chi connectivity index (χ1n) is 4.91. The molecule has 1 unspecified atom stereocenters. The quantitative estimate of drug-likeness (QED) is 0.621. The van der Waals surface area contributed by atoms with Gasteiger partial charge in [-0.3, -0.25) is 0 Å². The van der Waals surface area contributed by atoms with Gasteiger partial charge in [0.2, 0.25) is 0 Å². The van der Waals surface area contributed by atoms with E-state index in [9.17, 15) is 5.11 Å². The van der Waals surface area contributed by atoms with E-state index in [0.717, 1.165) is 0 Å². The Morgan fingerprint density at radius 2 is 1.71 bits per heavy atom. The molecule has 0 bridgehead atoms. The lowest BCUT2D eigenvalue weighted by Crippen LogP contribution is -2.39. The average molecular weight is 205 g/mol. The molecule has 0 saturated heterocycles. The molecule has 4 heteroatoms. The summed E-state index contributed by atoms with van der Waals surface area (Å²) in [6.07, 6.45) is 0. The molecule has 0 fully saturated rings. The van der Waals surface area contributed by atoms with E-state index in [0.29, 0.717) is 13.2 Å². The highest BCUT2D eigenvalue weighted by molar-refractivity contribution is 4.71. The van der Waals surface area contributed by atoms with Crippen molar-refractivity contribution in [3.05, 3.63) is 0 Å². The van der Waals surface area contributed by atoms with Crippen LogP contribution in [-0.4, -0.2) is 42.7 Å². The fourth-order valence-electron chi connectivity index (χ4n) is 0.758. The molecule has 1 atom stereocenters. The van der Waals surface area contributed by atoms with Crippen LogP contribution in [0.25, 0.3) is 0 Å². The lowest BCUT2D eigenvalue weighted by Gasteiger charge is -2.22. The Hall–Kier alpha value is -0.160. The van der Waals surface area contributed by atoms with Crippen LogP contribution in [0.4, 0.5) is 0 Å². The van der Waals surface area contributed by atoms with Crippen molar-refractivity contribution in [3.8, 4) is 0 Å². The minimum absolute atomic E-state index is 0.139. The van der Waals surface area contributed by atoms with Gasteiger partial charge in [-0.15, -0.1) is 0 Å². The van der Waals surface area contributed by atoms with Crippen molar-refractivity contribution in [2.75, 3.05) is 26.4 Å². The monoisotopic (exact) mass is 205 g/mol. The summed E-state index contributed by atoms with van der Waals surface area (Å²) in [5.74, 6) is 0. The highest BCUT2D eigenvalue weighted by atomic mass is 16.5. The number of hydrogen-bond donors (Lipinski definition) is 2. The lowest BCUT2D eigenvalue weighted by molar-refractivity contribution is -0.0675. The van der Waals surface area contributed by atoms with Gasteiger partial charge >= 0.3 is 0 Å². The zero-order valence-electron chi connectivity index (χ0n) is 9.67. The van der Waals surface area contributed by atoms with E-state index < -0.39 is 5.60 Å². The largest absolute Gasteiger partial charge is 0.386 e. The van der Waals surface area contributed by atoms with Crippen molar-refractivity contribution in [3.63, 3.8) is 0 Å². The minimum atomic E-state index is -0.929. The predicted molar refractivity (Wildman–Crippen MR) is 56.2 cm³/mol. The summed E-state index contributed by atoms with van der Waals surface area (Å²) in [7, 11) is 0. The summed E-state index contributed by atoms with van der Waals surface area (Å²) in [6.45, 7) is 9.08. The van der Waals surface area contributed by atoms with Crippen molar-refractivity contribution < 1.29 is 14.6 Å². The van der Waals surface area contributed by atoms with Crippen LogP contribution in [0.5, 0.6) is 0 Å². The van der Waals surface area contributed by atoms with Gasteiger partial charge in [0.05, 0.1) is 31.0 Å². The average Bonchev–Trinajstić information content (AvgIpc) is 2.01. The molecule has 0 aromatic heterocycles. The zero-order valence-corrected chi connectivity index (χ0v) is 9.67. The first kappa shape index (κ1) is 13.8. The second kappa shape index (κ2) is 5.66. The van der Waals surface area contributed by atoms with Crippen LogP contribution in [0, 0.1) is 0 Å². The molecule has 0 radical (unpaired) electrons. The fraction of sp³-hybridized carbons (Fsp3) is 1.00. The van der Waals surface area contributed by atoms with E-state index in [2.05, 4.69) is 0 Å². The Kier molecular flexibility index (Phi) is 5.59. The highest BCUT2D eigenvalue weighted by Gasteiger charge is 2.18. The molecule has 86 valence electrons. The van der Waals surface area contributed by atoms with Crippen LogP contribution in [0.1, 0.15) is 27.7 Å². The molecule has 0 aliphatic heterocycles. The molecule has 4 nitrogen and oxygen atoms in total. The molecule has 0 aromatic carbocycles. The van der Waals surface area contributed by atoms with E-state index in [4.69, 9.17) is 15.2 Å². The first-order chi connectivity index (χ1) is 6.27. The number of hydrogen-bond acceptors (Lipinski definition) is 4. The van der Waals surface area contributed by atoms with Gasteiger partial charge in [-0.1, -0.05) is 0 Å². The molecule has 0 aliphatic carbocycles. The van der Waals surface area contributed by atoms with Crippen molar-refractivity contribution in [1.82, 2.24) is 0 Å². The molecule has 0 spiro atoms. The van der Waals surface area contributed by atoms with Gasteiger partial charge in [-0.05, 0) is 27.7 Å². The van der Waals surface area contributed by atoms with Crippen LogP contribution < -0.4 is 5.73 Å². The Morgan fingerprint density at radius 3 is 2.14 bits per heavy atom.